The third-order valence-corrected chi connectivity index (χ3v) is 3.62. The van der Waals surface area contributed by atoms with Crippen LogP contribution in [0.2, 0.25) is 0 Å². The Morgan fingerprint density at radius 3 is 2.00 bits per heavy atom. The van der Waals surface area contributed by atoms with Crippen molar-refractivity contribution in [2.24, 2.45) is 11.1 Å². The summed E-state index contributed by atoms with van der Waals surface area (Å²) in [4.78, 5) is 0. The first-order valence-electron chi connectivity index (χ1n) is 5.00. The fourth-order valence-electron chi connectivity index (χ4n) is 1.90. The van der Waals surface area contributed by atoms with E-state index in [0.717, 1.165) is 0 Å². The third kappa shape index (κ3) is 2.06. The Morgan fingerprint density at radius 2 is 1.64 bits per heavy atom. The molecule has 2 nitrogen and oxygen atoms in total. The topological polar surface area (TPSA) is 46.2 Å². The number of aliphatic hydroxyl groups is 1. The maximum atomic E-state index is 12.9. The molecule has 0 unspecified atom stereocenters. The lowest BCUT2D eigenvalue weighted by molar-refractivity contribution is -0.0756. The van der Waals surface area contributed by atoms with Crippen molar-refractivity contribution in [1.82, 2.24) is 0 Å². The quantitative estimate of drug-likeness (QED) is 0.726. The number of rotatable bonds is 2. The van der Waals surface area contributed by atoms with Gasteiger partial charge in [0.2, 0.25) is 5.92 Å². The van der Waals surface area contributed by atoms with Gasteiger partial charge in [-0.05, 0) is 12.8 Å². The second-order valence-electron chi connectivity index (χ2n) is 5.05. The maximum Gasteiger partial charge on any atom is 0.248 e. The van der Waals surface area contributed by atoms with E-state index >= 15 is 0 Å². The van der Waals surface area contributed by atoms with Gasteiger partial charge in [0, 0.05) is 30.4 Å². The first-order chi connectivity index (χ1) is 6.22. The van der Waals surface area contributed by atoms with Crippen LogP contribution in [0.25, 0.3) is 0 Å². The molecular weight excluding hydrogens is 188 g/mol. The molecule has 0 aliphatic heterocycles. The molecule has 1 aliphatic carbocycles. The second-order valence-corrected chi connectivity index (χ2v) is 5.05. The van der Waals surface area contributed by atoms with Crippen molar-refractivity contribution in [2.75, 3.05) is 6.61 Å². The van der Waals surface area contributed by atoms with E-state index in [4.69, 9.17) is 5.73 Å². The van der Waals surface area contributed by atoms with Crippen LogP contribution in [0, 0.1) is 5.41 Å². The van der Waals surface area contributed by atoms with Gasteiger partial charge in [0.15, 0.2) is 0 Å². The highest BCUT2D eigenvalue weighted by Crippen LogP contribution is 2.45. The molecule has 14 heavy (non-hydrogen) atoms. The normalized spacial score (nSPS) is 26.1. The average Bonchev–Trinajstić information content (AvgIpc) is 2.10. The van der Waals surface area contributed by atoms with Crippen molar-refractivity contribution >= 4 is 0 Å². The van der Waals surface area contributed by atoms with Crippen LogP contribution in [0.3, 0.4) is 0 Å². The van der Waals surface area contributed by atoms with Gasteiger partial charge in [-0.15, -0.1) is 0 Å². The van der Waals surface area contributed by atoms with E-state index in [2.05, 4.69) is 0 Å². The van der Waals surface area contributed by atoms with Crippen molar-refractivity contribution in [3.8, 4) is 0 Å². The van der Waals surface area contributed by atoms with Crippen LogP contribution in [0.15, 0.2) is 0 Å². The Morgan fingerprint density at radius 1 is 1.21 bits per heavy atom. The van der Waals surface area contributed by atoms with Crippen molar-refractivity contribution in [2.45, 2.75) is 51.0 Å². The summed E-state index contributed by atoms with van der Waals surface area (Å²) in [5.41, 5.74) is 4.94. The fourth-order valence-corrected chi connectivity index (χ4v) is 1.90. The minimum absolute atomic E-state index is 0.0604. The SMILES string of the molecule is CC(C)(CO)C1(N)CCC(F)(F)CC1. The monoisotopic (exact) mass is 207 g/mol. The summed E-state index contributed by atoms with van der Waals surface area (Å²) in [6.45, 7) is 3.60. The molecule has 0 spiro atoms. The minimum atomic E-state index is -2.56. The van der Waals surface area contributed by atoms with Gasteiger partial charge in [0.05, 0.1) is 0 Å². The van der Waals surface area contributed by atoms with Crippen LogP contribution < -0.4 is 5.73 Å². The van der Waals surface area contributed by atoms with Gasteiger partial charge >= 0.3 is 0 Å². The smallest absolute Gasteiger partial charge is 0.248 e. The summed E-state index contributed by atoms with van der Waals surface area (Å²) in [6.07, 6.45) is 0.251. The lowest BCUT2D eigenvalue weighted by Gasteiger charge is -2.47. The molecule has 0 aromatic carbocycles. The van der Waals surface area contributed by atoms with Gasteiger partial charge in [0.25, 0.3) is 0 Å². The number of hydrogen-bond donors (Lipinski definition) is 2. The first-order valence-corrected chi connectivity index (χ1v) is 5.00. The molecule has 1 rings (SSSR count). The highest BCUT2D eigenvalue weighted by molar-refractivity contribution is 5.01. The Labute approximate surface area is 83.5 Å². The van der Waals surface area contributed by atoms with Gasteiger partial charge in [0.1, 0.15) is 0 Å². The zero-order chi connectivity index (χ0) is 11.0. The van der Waals surface area contributed by atoms with Gasteiger partial charge in [-0.2, -0.15) is 0 Å². The molecule has 1 fully saturated rings. The Hall–Kier alpha value is -0.220. The van der Waals surface area contributed by atoms with Gasteiger partial charge in [-0.25, -0.2) is 8.78 Å². The summed E-state index contributed by atoms with van der Waals surface area (Å²) >= 11 is 0. The standard InChI is InChI=1S/C10H19F2NO/c1-8(2,7-14)9(13)3-5-10(11,12)6-4-9/h14H,3-7,13H2,1-2H3. The highest BCUT2D eigenvalue weighted by Gasteiger charge is 2.48. The molecule has 0 aromatic rings. The van der Waals surface area contributed by atoms with Crippen LogP contribution in [0.1, 0.15) is 39.5 Å². The summed E-state index contributed by atoms with van der Waals surface area (Å²) in [6, 6.07) is 0. The highest BCUT2D eigenvalue weighted by atomic mass is 19.3. The Kier molecular flexibility index (Phi) is 2.89. The average molecular weight is 207 g/mol. The molecule has 0 amide bonds. The molecule has 3 N–H and O–H groups in total. The van der Waals surface area contributed by atoms with Gasteiger partial charge in [-0.3, -0.25) is 0 Å². The van der Waals surface area contributed by atoms with Crippen LogP contribution in [-0.4, -0.2) is 23.2 Å². The second kappa shape index (κ2) is 3.42. The lowest BCUT2D eigenvalue weighted by Crippen LogP contribution is -2.57. The van der Waals surface area contributed by atoms with Crippen molar-refractivity contribution in [3.63, 3.8) is 0 Å². The number of alkyl halides is 2. The predicted molar refractivity (Wildman–Crippen MR) is 51.2 cm³/mol. The van der Waals surface area contributed by atoms with E-state index in [0.29, 0.717) is 0 Å². The molecule has 0 saturated heterocycles. The molecule has 0 bridgehead atoms. The summed E-state index contributed by atoms with van der Waals surface area (Å²) in [5.74, 6) is -2.56. The van der Waals surface area contributed by atoms with E-state index in [1.165, 1.54) is 0 Å². The maximum absolute atomic E-state index is 12.9. The van der Waals surface area contributed by atoms with E-state index in [9.17, 15) is 13.9 Å². The zero-order valence-corrected chi connectivity index (χ0v) is 8.82. The third-order valence-electron chi connectivity index (χ3n) is 3.62. The molecule has 0 aromatic heterocycles. The number of hydrogen-bond acceptors (Lipinski definition) is 2. The number of aliphatic hydroxyl groups excluding tert-OH is 1. The Bertz CT molecular complexity index is 206. The molecule has 1 aliphatic rings. The van der Waals surface area contributed by atoms with Gasteiger partial charge in [-0.1, -0.05) is 13.8 Å². The molecule has 1 saturated carbocycles. The molecule has 0 atom stereocenters. The summed E-state index contributed by atoms with van der Waals surface area (Å²) < 4.78 is 25.8. The van der Waals surface area contributed by atoms with Crippen LogP contribution in [0.5, 0.6) is 0 Å². The largest absolute Gasteiger partial charge is 0.396 e. The zero-order valence-electron chi connectivity index (χ0n) is 8.82. The summed E-state index contributed by atoms with van der Waals surface area (Å²) in [5, 5.41) is 9.17. The van der Waals surface area contributed by atoms with Gasteiger partial charge < -0.3 is 10.8 Å². The van der Waals surface area contributed by atoms with Crippen molar-refractivity contribution < 1.29 is 13.9 Å². The van der Waals surface area contributed by atoms with Crippen molar-refractivity contribution in [3.05, 3.63) is 0 Å². The van der Waals surface area contributed by atoms with Crippen LogP contribution in [-0.2, 0) is 0 Å². The first kappa shape index (κ1) is 11.9. The fraction of sp³-hybridized carbons (Fsp3) is 1.00. The molecule has 0 radical (unpaired) electrons. The number of nitrogens with two attached hydrogens (primary N) is 1. The van der Waals surface area contributed by atoms with E-state index in [-0.39, 0.29) is 32.3 Å². The molecule has 84 valence electrons. The van der Waals surface area contributed by atoms with E-state index in [1.807, 2.05) is 13.8 Å². The number of halogens is 2. The molecule has 4 heteroatoms. The molecular formula is C10H19F2NO. The van der Waals surface area contributed by atoms with Crippen LogP contribution in [0.4, 0.5) is 8.78 Å². The van der Waals surface area contributed by atoms with E-state index < -0.39 is 16.9 Å². The van der Waals surface area contributed by atoms with Crippen LogP contribution >= 0.6 is 0 Å². The van der Waals surface area contributed by atoms with E-state index in [1.54, 1.807) is 0 Å². The summed E-state index contributed by atoms with van der Waals surface area (Å²) in [7, 11) is 0. The predicted octanol–water partition coefficient (Wildman–Crippen LogP) is 1.91. The minimum Gasteiger partial charge on any atom is -0.396 e. The Balaban J connectivity index is 2.71. The molecule has 0 heterocycles. The van der Waals surface area contributed by atoms with Crippen molar-refractivity contribution in [1.29, 1.82) is 0 Å². The lowest BCUT2D eigenvalue weighted by atomic mass is 9.65.